The summed E-state index contributed by atoms with van der Waals surface area (Å²) in [4.78, 5) is 31.3. The summed E-state index contributed by atoms with van der Waals surface area (Å²) in [5.74, 6) is -2.51. The van der Waals surface area contributed by atoms with Crippen LogP contribution in [0.25, 0.3) is 11.0 Å². The van der Waals surface area contributed by atoms with E-state index in [2.05, 4.69) is 26.0 Å². The molecule has 0 radical (unpaired) electrons. The van der Waals surface area contributed by atoms with Gasteiger partial charge < -0.3 is 10.0 Å². The number of halogens is 4. The molecule has 1 saturated heterocycles. The Kier molecular flexibility index (Phi) is 7.05. The topological polar surface area (TPSA) is 93.2 Å². The van der Waals surface area contributed by atoms with Crippen LogP contribution in [0.3, 0.4) is 0 Å². The summed E-state index contributed by atoms with van der Waals surface area (Å²) in [6, 6.07) is 7.38. The van der Waals surface area contributed by atoms with Gasteiger partial charge in [-0.1, -0.05) is 30.3 Å². The number of piperidine rings is 1. The molecule has 3 aromatic rings. The van der Waals surface area contributed by atoms with Gasteiger partial charge in [0.05, 0.1) is 24.4 Å². The lowest BCUT2D eigenvalue weighted by Gasteiger charge is -2.39. The fraction of sp³-hybridized carbons (Fsp3) is 0.478. The highest BCUT2D eigenvalue weighted by Crippen LogP contribution is 2.38. The van der Waals surface area contributed by atoms with Crippen molar-refractivity contribution in [3.63, 3.8) is 0 Å². The standard InChI is InChI=1S/C23H25BrF3N5O3/c1-2-32-20(24)18-19(29-32)21(34)31(14-28-18)13-22(35)8-10-30(11-9-22)17(33)12-16(23(25,26)27)15-6-4-3-5-7-15/h3-7,14,16,35H,2,8-13H2,1H3/t16-/m1/s1. The summed E-state index contributed by atoms with van der Waals surface area (Å²) >= 11 is 3.38. The van der Waals surface area contributed by atoms with Gasteiger partial charge in [-0.15, -0.1) is 0 Å². The van der Waals surface area contributed by atoms with Crippen LogP contribution < -0.4 is 5.56 Å². The number of benzene rings is 1. The number of amides is 1. The van der Waals surface area contributed by atoms with Crippen LogP contribution in [0.1, 0.15) is 37.7 Å². The van der Waals surface area contributed by atoms with Gasteiger partial charge in [0.1, 0.15) is 10.1 Å². The van der Waals surface area contributed by atoms with Crippen LogP contribution >= 0.6 is 15.9 Å². The number of fused-ring (bicyclic) bond motifs is 1. The second kappa shape index (κ2) is 9.73. The lowest BCUT2D eigenvalue weighted by atomic mass is 9.90. The third-order valence-electron chi connectivity index (χ3n) is 6.44. The number of alkyl halides is 3. The molecule has 0 bridgehead atoms. The van der Waals surface area contributed by atoms with Crippen molar-refractivity contribution in [1.29, 1.82) is 0 Å². The Labute approximate surface area is 207 Å². The van der Waals surface area contributed by atoms with Crippen molar-refractivity contribution in [2.75, 3.05) is 13.1 Å². The molecule has 1 aromatic carbocycles. The average Bonchev–Trinajstić information content (AvgIpc) is 3.15. The van der Waals surface area contributed by atoms with Crippen LogP contribution in [0.4, 0.5) is 13.2 Å². The molecule has 1 aliphatic rings. The van der Waals surface area contributed by atoms with Gasteiger partial charge in [-0.25, -0.2) is 4.98 Å². The van der Waals surface area contributed by atoms with Crippen LogP contribution in [-0.4, -0.2) is 60.1 Å². The van der Waals surface area contributed by atoms with Gasteiger partial charge in [0.2, 0.25) is 5.91 Å². The van der Waals surface area contributed by atoms with Crippen LogP contribution in [0, 0.1) is 0 Å². The molecular formula is C23H25BrF3N5O3. The summed E-state index contributed by atoms with van der Waals surface area (Å²) in [6.07, 6.45) is -3.65. The Morgan fingerprint density at radius 2 is 1.86 bits per heavy atom. The van der Waals surface area contributed by atoms with Crippen molar-refractivity contribution in [1.82, 2.24) is 24.2 Å². The maximum atomic E-state index is 13.6. The average molecular weight is 556 g/mol. The predicted octanol–water partition coefficient (Wildman–Crippen LogP) is 3.47. The Hall–Kier alpha value is -2.73. The van der Waals surface area contributed by atoms with Gasteiger partial charge in [0.25, 0.3) is 5.56 Å². The third-order valence-corrected chi connectivity index (χ3v) is 7.23. The van der Waals surface area contributed by atoms with E-state index in [1.165, 1.54) is 40.1 Å². The number of aliphatic hydroxyl groups is 1. The quantitative estimate of drug-likeness (QED) is 0.502. The minimum atomic E-state index is -4.56. The number of aryl methyl sites for hydroxylation is 1. The molecule has 1 N–H and O–H groups in total. The highest BCUT2D eigenvalue weighted by molar-refractivity contribution is 9.10. The first-order valence-electron chi connectivity index (χ1n) is 11.3. The fourth-order valence-corrected chi connectivity index (χ4v) is 5.01. The molecule has 35 heavy (non-hydrogen) atoms. The molecule has 3 heterocycles. The highest BCUT2D eigenvalue weighted by Gasteiger charge is 2.43. The number of rotatable bonds is 6. The summed E-state index contributed by atoms with van der Waals surface area (Å²) in [6.45, 7) is 2.56. The number of aromatic nitrogens is 4. The van der Waals surface area contributed by atoms with Crippen molar-refractivity contribution in [3.8, 4) is 0 Å². The van der Waals surface area contributed by atoms with Crippen molar-refractivity contribution in [2.24, 2.45) is 0 Å². The third kappa shape index (κ3) is 5.27. The molecule has 8 nitrogen and oxygen atoms in total. The highest BCUT2D eigenvalue weighted by atomic mass is 79.9. The number of hydrogen-bond acceptors (Lipinski definition) is 5. The molecule has 0 aliphatic carbocycles. The number of nitrogens with zero attached hydrogens (tertiary/aromatic N) is 5. The van der Waals surface area contributed by atoms with E-state index in [9.17, 15) is 27.9 Å². The number of likely N-dealkylation sites (tertiary alicyclic amines) is 1. The van der Waals surface area contributed by atoms with Crippen LogP contribution in [-0.2, 0) is 17.9 Å². The lowest BCUT2D eigenvalue weighted by molar-refractivity contribution is -0.162. The summed E-state index contributed by atoms with van der Waals surface area (Å²) < 4.78 is 44.4. The summed E-state index contributed by atoms with van der Waals surface area (Å²) in [5, 5.41) is 15.3. The van der Waals surface area contributed by atoms with E-state index in [0.29, 0.717) is 16.7 Å². The van der Waals surface area contributed by atoms with Crippen molar-refractivity contribution >= 4 is 32.9 Å². The van der Waals surface area contributed by atoms with E-state index >= 15 is 0 Å². The molecule has 12 heteroatoms. The normalized spacial score (nSPS) is 17.0. The van der Waals surface area contributed by atoms with Crippen molar-refractivity contribution in [2.45, 2.75) is 57.0 Å². The van der Waals surface area contributed by atoms with E-state index in [1.54, 1.807) is 10.7 Å². The van der Waals surface area contributed by atoms with E-state index in [0.717, 1.165) is 0 Å². The first-order chi connectivity index (χ1) is 16.5. The molecule has 1 atom stereocenters. The number of hydrogen-bond donors (Lipinski definition) is 1. The predicted molar refractivity (Wildman–Crippen MR) is 126 cm³/mol. The van der Waals surface area contributed by atoms with E-state index < -0.39 is 35.6 Å². The van der Waals surface area contributed by atoms with Crippen molar-refractivity contribution < 1.29 is 23.1 Å². The van der Waals surface area contributed by atoms with Gasteiger partial charge in [0, 0.05) is 26.1 Å². The molecule has 2 aromatic heterocycles. The number of carbonyl (C=O) groups excluding carboxylic acids is 1. The minimum Gasteiger partial charge on any atom is -0.388 e. The first-order valence-corrected chi connectivity index (χ1v) is 12.0. The largest absolute Gasteiger partial charge is 0.396 e. The minimum absolute atomic E-state index is 0.0429. The Morgan fingerprint density at radius 1 is 1.20 bits per heavy atom. The second-order valence-corrected chi connectivity index (χ2v) is 9.55. The molecule has 1 aliphatic heterocycles. The zero-order valence-electron chi connectivity index (χ0n) is 19.0. The van der Waals surface area contributed by atoms with Crippen LogP contribution in [0.15, 0.2) is 46.1 Å². The fourth-order valence-electron chi connectivity index (χ4n) is 4.39. The lowest BCUT2D eigenvalue weighted by Crippen LogP contribution is -2.50. The zero-order chi connectivity index (χ0) is 25.4. The Balaban J connectivity index is 1.43. The SMILES string of the molecule is CCn1nc2c(=O)n(CC3(O)CCN(C(=O)C[C@H](c4ccccc4)C(F)(F)F)CC3)cnc2c1Br. The molecule has 0 spiro atoms. The van der Waals surface area contributed by atoms with Gasteiger partial charge in [-0.2, -0.15) is 18.3 Å². The molecule has 188 valence electrons. The molecule has 1 fully saturated rings. The van der Waals surface area contributed by atoms with Crippen LogP contribution in [0.5, 0.6) is 0 Å². The molecular weight excluding hydrogens is 531 g/mol. The zero-order valence-corrected chi connectivity index (χ0v) is 20.6. The Bertz CT molecular complexity index is 1270. The van der Waals surface area contributed by atoms with Crippen molar-refractivity contribution in [3.05, 3.63) is 57.2 Å². The maximum Gasteiger partial charge on any atom is 0.396 e. The van der Waals surface area contributed by atoms with Gasteiger partial charge in [-0.3, -0.25) is 18.8 Å². The maximum absolute atomic E-state index is 13.6. The second-order valence-electron chi connectivity index (χ2n) is 8.80. The molecule has 0 unspecified atom stereocenters. The van der Waals surface area contributed by atoms with Gasteiger partial charge in [-0.05, 0) is 41.3 Å². The molecule has 0 saturated carbocycles. The van der Waals surface area contributed by atoms with Gasteiger partial charge in [0.15, 0.2) is 5.52 Å². The molecule has 4 rings (SSSR count). The summed E-state index contributed by atoms with van der Waals surface area (Å²) in [5.41, 5.74) is -1.05. The smallest absolute Gasteiger partial charge is 0.388 e. The molecule has 1 amide bonds. The monoisotopic (exact) mass is 555 g/mol. The Morgan fingerprint density at radius 3 is 2.46 bits per heavy atom. The first kappa shape index (κ1) is 25.4. The summed E-state index contributed by atoms with van der Waals surface area (Å²) in [7, 11) is 0. The van der Waals surface area contributed by atoms with E-state index in [1.807, 2.05) is 6.92 Å². The van der Waals surface area contributed by atoms with E-state index in [-0.39, 0.29) is 43.6 Å². The van der Waals surface area contributed by atoms with Crippen LogP contribution in [0.2, 0.25) is 0 Å². The van der Waals surface area contributed by atoms with E-state index in [4.69, 9.17) is 0 Å². The number of carbonyl (C=O) groups is 1. The van der Waals surface area contributed by atoms with Gasteiger partial charge >= 0.3 is 6.18 Å².